The molecular formula is C25H28N4O4. The van der Waals surface area contributed by atoms with E-state index in [-0.39, 0.29) is 23.6 Å². The van der Waals surface area contributed by atoms with Crippen LogP contribution in [0.5, 0.6) is 0 Å². The van der Waals surface area contributed by atoms with Crippen molar-refractivity contribution in [2.45, 2.75) is 45.3 Å². The summed E-state index contributed by atoms with van der Waals surface area (Å²) in [5.41, 5.74) is 0.971. The summed E-state index contributed by atoms with van der Waals surface area (Å²) in [7, 11) is 0. The number of ether oxygens (including phenoxy) is 1. The molecule has 1 N–H and O–H groups in total. The molecule has 1 fully saturated rings. The first-order valence-electron chi connectivity index (χ1n) is 11.1. The van der Waals surface area contributed by atoms with Gasteiger partial charge in [-0.3, -0.25) is 10.1 Å². The molecule has 2 heterocycles. The van der Waals surface area contributed by atoms with E-state index in [1.807, 2.05) is 63.2 Å². The number of anilines is 1. The zero-order chi connectivity index (χ0) is 23.6. The zero-order valence-electron chi connectivity index (χ0n) is 19.1. The molecule has 0 bridgehead atoms. The average molecular weight is 449 g/mol. The van der Waals surface area contributed by atoms with Crippen LogP contribution in [0.4, 0.5) is 16.3 Å². The van der Waals surface area contributed by atoms with E-state index in [1.165, 1.54) is 0 Å². The quantitative estimate of drug-likeness (QED) is 0.411. The maximum atomic E-state index is 12.3. The van der Waals surface area contributed by atoms with Gasteiger partial charge in [0.15, 0.2) is 0 Å². The van der Waals surface area contributed by atoms with Crippen LogP contribution in [0, 0.1) is 10.1 Å². The van der Waals surface area contributed by atoms with Crippen molar-refractivity contribution in [1.82, 2.24) is 9.88 Å². The standard InChI is InChI=1S/C25H28N4O4/c1-25(2,3)33-24(30)28-12-10-21(11-13-28)27-23-22(29(31)32)15-20(16-26-23)19-9-8-17-6-4-5-7-18(17)14-19/h4-9,14-16,21H,10-13H2,1-3H3,(H,26,27). The lowest BCUT2D eigenvalue weighted by Crippen LogP contribution is -2.44. The van der Waals surface area contributed by atoms with Gasteiger partial charge in [0.25, 0.3) is 0 Å². The van der Waals surface area contributed by atoms with Gasteiger partial charge in [0, 0.05) is 37.0 Å². The number of carbonyl (C=O) groups excluding carboxylic acids is 1. The molecule has 8 nitrogen and oxygen atoms in total. The predicted molar refractivity (Wildman–Crippen MR) is 128 cm³/mol. The van der Waals surface area contributed by atoms with Crippen molar-refractivity contribution in [3.8, 4) is 11.1 Å². The van der Waals surface area contributed by atoms with Gasteiger partial charge in [0.2, 0.25) is 5.82 Å². The highest BCUT2D eigenvalue weighted by Gasteiger charge is 2.28. The zero-order valence-corrected chi connectivity index (χ0v) is 19.1. The second-order valence-electron chi connectivity index (χ2n) is 9.30. The highest BCUT2D eigenvalue weighted by molar-refractivity contribution is 5.87. The number of nitrogens with one attached hydrogen (secondary N) is 1. The third-order valence-electron chi connectivity index (χ3n) is 5.63. The molecule has 0 aliphatic carbocycles. The largest absolute Gasteiger partial charge is 0.444 e. The minimum Gasteiger partial charge on any atom is -0.444 e. The number of carbonyl (C=O) groups is 1. The number of pyridine rings is 1. The number of fused-ring (bicyclic) bond motifs is 1. The van der Waals surface area contributed by atoms with Crippen molar-refractivity contribution < 1.29 is 14.5 Å². The van der Waals surface area contributed by atoms with Crippen LogP contribution < -0.4 is 5.32 Å². The Morgan fingerprint density at radius 1 is 1.09 bits per heavy atom. The van der Waals surface area contributed by atoms with Crippen LogP contribution in [-0.4, -0.2) is 45.6 Å². The Hall–Kier alpha value is -3.68. The molecule has 1 aliphatic heterocycles. The lowest BCUT2D eigenvalue weighted by atomic mass is 10.0. The number of nitrogens with zero attached hydrogens (tertiary/aromatic N) is 3. The molecule has 1 amide bonds. The van der Waals surface area contributed by atoms with Crippen LogP contribution in [0.1, 0.15) is 33.6 Å². The van der Waals surface area contributed by atoms with Crippen molar-refractivity contribution in [3.05, 3.63) is 64.8 Å². The number of hydrogen-bond acceptors (Lipinski definition) is 6. The maximum Gasteiger partial charge on any atom is 0.410 e. The summed E-state index contributed by atoms with van der Waals surface area (Å²) in [5, 5.41) is 17.2. The van der Waals surface area contributed by atoms with Gasteiger partial charge in [-0.2, -0.15) is 0 Å². The number of rotatable bonds is 4. The molecule has 172 valence electrons. The molecule has 1 saturated heterocycles. The number of benzene rings is 2. The highest BCUT2D eigenvalue weighted by atomic mass is 16.6. The van der Waals surface area contributed by atoms with E-state index < -0.39 is 10.5 Å². The molecule has 0 saturated carbocycles. The minimum absolute atomic E-state index is 0.0126. The van der Waals surface area contributed by atoms with Crippen molar-refractivity contribution in [2.75, 3.05) is 18.4 Å². The van der Waals surface area contributed by atoms with Crippen molar-refractivity contribution in [1.29, 1.82) is 0 Å². The summed E-state index contributed by atoms with van der Waals surface area (Å²) in [5.74, 6) is 0.250. The first-order valence-corrected chi connectivity index (χ1v) is 11.1. The number of amides is 1. The molecule has 2 aromatic carbocycles. The van der Waals surface area contributed by atoms with E-state index in [1.54, 1.807) is 17.2 Å². The Balaban J connectivity index is 1.47. The molecule has 33 heavy (non-hydrogen) atoms. The number of likely N-dealkylation sites (tertiary alicyclic amines) is 1. The van der Waals surface area contributed by atoms with Crippen molar-refractivity contribution in [2.24, 2.45) is 0 Å². The number of hydrogen-bond donors (Lipinski definition) is 1. The topological polar surface area (TPSA) is 97.6 Å². The summed E-state index contributed by atoms with van der Waals surface area (Å²) in [6.45, 7) is 6.56. The molecule has 0 radical (unpaired) electrons. The van der Waals surface area contributed by atoms with Crippen LogP contribution in [0.25, 0.3) is 21.9 Å². The first-order chi connectivity index (χ1) is 15.7. The van der Waals surface area contributed by atoms with E-state index in [9.17, 15) is 14.9 Å². The number of piperidine rings is 1. The fourth-order valence-corrected chi connectivity index (χ4v) is 3.96. The van der Waals surface area contributed by atoms with Gasteiger partial charge >= 0.3 is 11.8 Å². The van der Waals surface area contributed by atoms with Crippen molar-refractivity contribution >= 4 is 28.4 Å². The van der Waals surface area contributed by atoms with Gasteiger partial charge in [-0.1, -0.05) is 36.4 Å². The van der Waals surface area contributed by atoms with Crippen LogP contribution in [0.15, 0.2) is 54.7 Å². The van der Waals surface area contributed by atoms with Gasteiger partial charge in [-0.05, 0) is 56.0 Å². The molecule has 0 atom stereocenters. The third kappa shape index (κ3) is 5.39. The summed E-state index contributed by atoms with van der Waals surface area (Å²) in [6, 6.07) is 15.5. The second-order valence-corrected chi connectivity index (χ2v) is 9.30. The molecule has 0 unspecified atom stereocenters. The van der Waals surface area contributed by atoms with Gasteiger partial charge in [0.1, 0.15) is 5.60 Å². The SMILES string of the molecule is CC(C)(C)OC(=O)N1CCC(Nc2ncc(-c3ccc4ccccc4c3)cc2[N+](=O)[O-])CC1. The van der Waals surface area contributed by atoms with Gasteiger partial charge in [0.05, 0.1) is 4.92 Å². The van der Waals surface area contributed by atoms with E-state index >= 15 is 0 Å². The third-order valence-corrected chi connectivity index (χ3v) is 5.63. The number of aromatic nitrogens is 1. The minimum atomic E-state index is -0.538. The first kappa shape index (κ1) is 22.5. The molecule has 0 spiro atoms. The van der Waals surface area contributed by atoms with Crippen LogP contribution >= 0.6 is 0 Å². The van der Waals surface area contributed by atoms with E-state index in [0.717, 1.165) is 16.3 Å². The monoisotopic (exact) mass is 448 g/mol. The molecular weight excluding hydrogens is 420 g/mol. The summed E-state index contributed by atoms with van der Waals surface area (Å²) < 4.78 is 5.43. The normalized spacial score (nSPS) is 14.8. The predicted octanol–water partition coefficient (Wildman–Crippen LogP) is 5.62. The molecule has 1 aliphatic rings. The molecule has 3 aromatic rings. The van der Waals surface area contributed by atoms with Crippen LogP contribution in [0.2, 0.25) is 0 Å². The Kier molecular flexibility index (Phi) is 6.18. The second kappa shape index (κ2) is 9.05. The summed E-state index contributed by atoms with van der Waals surface area (Å²) in [4.78, 5) is 29.7. The number of nitro groups is 1. The van der Waals surface area contributed by atoms with Crippen molar-refractivity contribution in [3.63, 3.8) is 0 Å². The fraction of sp³-hybridized carbons (Fsp3) is 0.360. The Bertz CT molecular complexity index is 1180. The molecule has 8 heteroatoms. The Morgan fingerprint density at radius 2 is 1.79 bits per heavy atom. The Labute approximate surface area is 192 Å². The van der Waals surface area contributed by atoms with E-state index in [2.05, 4.69) is 10.3 Å². The average Bonchev–Trinajstić information content (AvgIpc) is 2.78. The summed E-state index contributed by atoms with van der Waals surface area (Å²) in [6.07, 6.45) is 2.65. The van der Waals surface area contributed by atoms with E-state index in [4.69, 9.17) is 4.74 Å². The Morgan fingerprint density at radius 3 is 2.45 bits per heavy atom. The van der Waals surface area contributed by atoms with Crippen LogP contribution in [0.3, 0.4) is 0 Å². The van der Waals surface area contributed by atoms with Gasteiger partial charge in [-0.25, -0.2) is 9.78 Å². The van der Waals surface area contributed by atoms with E-state index in [0.29, 0.717) is 31.5 Å². The maximum absolute atomic E-state index is 12.3. The highest BCUT2D eigenvalue weighted by Crippen LogP contribution is 2.31. The lowest BCUT2D eigenvalue weighted by Gasteiger charge is -2.33. The smallest absolute Gasteiger partial charge is 0.410 e. The molecule has 4 rings (SSSR count). The fourth-order valence-electron chi connectivity index (χ4n) is 3.96. The van der Waals surface area contributed by atoms with Gasteiger partial charge < -0.3 is 15.0 Å². The van der Waals surface area contributed by atoms with Gasteiger partial charge in [-0.15, -0.1) is 0 Å². The lowest BCUT2D eigenvalue weighted by molar-refractivity contribution is -0.384. The van der Waals surface area contributed by atoms with Crippen LogP contribution in [-0.2, 0) is 4.74 Å². The summed E-state index contributed by atoms with van der Waals surface area (Å²) >= 11 is 0. The molecule has 1 aromatic heterocycles.